The van der Waals surface area contributed by atoms with E-state index in [1.54, 1.807) is 0 Å². The van der Waals surface area contributed by atoms with Crippen molar-refractivity contribution in [1.82, 2.24) is 0 Å². The predicted octanol–water partition coefficient (Wildman–Crippen LogP) is 3.27. The molecule has 0 aliphatic rings. The molecule has 0 aliphatic heterocycles. The van der Waals surface area contributed by atoms with E-state index >= 15 is 0 Å². The Balaban J connectivity index is 2.42. The van der Waals surface area contributed by atoms with E-state index in [0.717, 1.165) is 0 Å². The molecule has 0 saturated heterocycles. The fourth-order valence-corrected chi connectivity index (χ4v) is 1.76. The zero-order valence-corrected chi connectivity index (χ0v) is 7.21. The van der Waals surface area contributed by atoms with Crippen LogP contribution in [0.25, 0.3) is 0 Å². The molecule has 0 N–H and O–H groups in total. The highest BCUT2D eigenvalue weighted by Crippen LogP contribution is 2.16. The van der Waals surface area contributed by atoms with Crippen molar-refractivity contribution < 1.29 is 0 Å². The first-order chi connectivity index (χ1) is 4.83. The van der Waals surface area contributed by atoms with Gasteiger partial charge in [-0.15, -0.1) is 11.3 Å². The molecule has 10 heavy (non-hydrogen) atoms. The summed E-state index contributed by atoms with van der Waals surface area (Å²) in [5, 5.41) is 0. The Labute approximate surface area is 66.9 Å². The standard InChI is InChI=1S/C9H13S/c1-3-4-5-9-7-6-8(2)10-9/h6-7H,2-5H2,1H3. The molecule has 1 heterocycles. The molecule has 55 valence electrons. The van der Waals surface area contributed by atoms with Crippen molar-refractivity contribution in [1.29, 1.82) is 0 Å². The summed E-state index contributed by atoms with van der Waals surface area (Å²) in [6, 6.07) is 4.28. The Bertz CT molecular complexity index is 188. The third kappa shape index (κ3) is 2.14. The van der Waals surface area contributed by atoms with E-state index < -0.39 is 0 Å². The van der Waals surface area contributed by atoms with Gasteiger partial charge in [-0.3, -0.25) is 0 Å². The molecule has 0 atom stereocenters. The zero-order chi connectivity index (χ0) is 7.40. The SMILES string of the molecule is [CH2]c1ccc(CCCC)s1. The second-order valence-electron chi connectivity index (χ2n) is 2.47. The van der Waals surface area contributed by atoms with Gasteiger partial charge in [-0.25, -0.2) is 0 Å². The van der Waals surface area contributed by atoms with Crippen molar-refractivity contribution in [2.75, 3.05) is 0 Å². The van der Waals surface area contributed by atoms with Crippen LogP contribution in [0.4, 0.5) is 0 Å². The van der Waals surface area contributed by atoms with Gasteiger partial charge in [0.25, 0.3) is 0 Å². The van der Waals surface area contributed by atoms with Gasteiger partial charge in [0, 0.05) is 9.75 Å². The molecular weight excluding hydrogens is 140 g/mol. The lowest BCUT2D eigenvalue weighted by atomic mass is 10.2. The summed E-state index contributed by atoms with van der Waals surface area (Å²) in [5.41, 5.74) is 0. The molecule has 1 aromatic rings. The zero-order valence-electron chi connectivity index (χ0n) is 6.39. The Morgan fingerprint density at radius 1 is 1.50 bits per heavy atom. The van der Waals surface area contributed by atoms with Crippen LogP contribution in [0.3, 0.4) is 0 Å². The van der Waals surface area contributed by atoms with Crippen LogP contribution in [0.1, 0.15) is 29.5 Å². The number of hydrogen-bond donors (Lipinski definition) is 0. The lowest BCUT2D eigenvalue weighted by Crippen LogP contribution is -1.76. The third-order valence-electron chi connectivity index (χ3n) is 1.49. The minimum Gasteiger partial charge on any atom is -0.145 e. The summed E-state index contributed by atoms with van der Waals surface area (Å²) in [6.07, 6.45) is 3.82. The van der Waals surface area contributed by atoms with E-state index in [-0.39, 0.29) is 0 Å². The van der Waals surface area contributed by atoms with Crippen LogP contribution in [0, 0.1) is 6.92 Å². The first-order valence-corrected chi connectivity index (χ1v) is 4.55. The molecule has 0 spiro atoms. The highest BCUT2D eigenvalue weighted by atomic mass is 32.1. The van der Waals surface area contributed by atoms with E-state index in [1.165, 1.54) is 29.0 Å². The Kier molecular flexibility index (Phi) is 2.94. The third-order valence-corrected chi connectivity index (χ3v) is 2.49. The highest BCUT2D eigenvalue weighted by molar-refractivity contribution is 7.12. The number of rotatable bonds is 3. The summed E-state index contributed by atoms with van der Waals surface area (Å²) in [4.78, 5) is 2.66. The van der Waals surface area contributed by atoms with Crippen molar-refractivity contribution >= 4 is 11.3 Å². The van der Waals surface area contributed by atoms with Crippen molar-refractivity contribution in [3.8, 4) is 0 Å². The molecule has 0 aromatic carbocycles. The van der Waals surface area contributed by atoms with Crippen LogP contribution >= 0.6 is 11.3 Å². The molecule has 0 unspecified atom stereocenters. The van der Waals surface area contributed by atoms with E-state index in [1.807, 2.05) is 11.3 Å². The van der Waals surface area contributed by atoms with E-state index in [0.29, 0.717) is 0 Å². The molecule has 0 bridgehead atoms. The van der Waals surface area contributed by atoms with Crippen LogP contribution in [0.15, 0.2) is 12.1 Å². The van der Waals surface area contributed by atoms with Crippen molar-refractivity contribution in [3.63, 3.8) is 0 Å². The van der Waals surface area contributed by atoms with Gasteiger partial charge in [-0.1, -0.05) is 13.3 Å². The second kappa shape index (κ2) is 3.77. The monoisotopic (exact) mass is 153 g/mol. The second-order valence-corrected chi connectivity index (χ2v) is 3.72. The van der Waals surface area contributed by atoms with Gasteiger partial charge in [0.15, 0.2) is 0 Å². The molecule has 0 amide bonds. The van der Waals surface area contributed by atoms with E-state index in [2.05, 4.69) is 26.0 Å². The first kappa shape index (κ1) is 7.80. The molecular formula is C9H13S. The van der Waals surface area contributed by atoms with Crippen LogP contribution in [0.2, 0.25) is 0 Å². The molecule has 0 nitrogen and oxygen atoms in total. The molecule has 0 saturated carbocycles. The molecule has 1 heteroatoms. The molecule has 1 rings (SSSR count). The summed E-state index contributed by atoms with van der Waals surface area (Å²) >= 11 is 1.82. The average Bonchev–Trinajstić information content (AvgIpc) is 2.31. The quantitative estimate of drug-likeness (QED) is 0.625. The Morgan fingerprint density at radius 2 is 2.30 bits per heavy atom. The fraction of sp³-hybridized carbons (Fsp3) is 0.444. The minimum atomic E-state index is 1.19. The summed E-state index contributed by atoms with van der Waals surface area (Å²) in [5.74, 6) is 0. The maximum Gasteiger partial charge on any atom is 0.00517 e. The topological polar surface area (TPSA) is 0 Å². The minimum absolute atomic E-state index is 1.19. The maximum atomic E-state index is 3.87. The summed E-state index contributed by atoms with van der Waals surface area (Å²) < 4.78 is 0. The number of hydrogen-bond acceptors (Lipinski definition) is 1. The average molecular weight is 153 g/mol. The van der Waals surface area contributed by atoms with Crippen LogP contribution in [-0.2, 0) is 6.42 Å². The number of aryl methyl sites for hydroxylation is 1. The smallest absolute Gasteiger partial charge is 0.00517 e. The van der Waals surface area contributed by atoms with Gasteiger partial charge in [0.1, 0.15) is 0 Å². The van der Waals surface area contributed by atoms with Crippen LogP contribution < -0.4 is 0 Å². The van der Waals surface area contributed by atoms with Crippen LogP contribution in [0.5, 0.6) is 0 Å². The predicted molar refractivity (Wildman–Crippen MR) is 47.4 cm³/mol. The lowest BCUT2D eigenvalue weighted by Gasteiger charge is -1.91. The largest absolute Gasteiger partial charge is 0.145 e. The Hall–Kier alpha value is -0.300. The van der Waals surface area contributed by atoms with Crippen LogP contribution in [-0.4, -0.2) is 0 Å². The number of thiophene rings is 1. The first-order valence-electron chi connectivity index (χ1n) is 3.73. The molecule has 1 radical (unpaired) electrons. The summed E-state index contributed by atoms with van der Waals surface area (Å²) in [7, 11) is 0. The highest BCUT2D eigenvalue weighted by Gasteiger charge is 1.94. The van der Waals surface area contributed by atoms with Gasteiger partial charge in [0.2, 0.25) is 0 Å². The molecule has 0 fully saturated rings. The molecule has 1 aromatic heterocycles. The fourth-order valence-electron chi connectivity index (χ4n) is 0.908. The van der Waals surface area contributed by atoms with Gasteiger partial charge in [-0.05, 0) is 31.9 Å². The van der Waals surface area contributed by atoms with Crippen molar-refractivity contribution in [2.24, 2.45) is 0 Å². The van der Waals surface area contributed by atoms with Gasteiger partial charge < -0.3 is 0 Å². The van der Waals surface area contributed by atoms with E-state index in [4.69, 9.17) is 0 Å². The van der Waals surface area contributed by atoms with Gasteiger partial charge in [0.05, 0.1) is 0 Å². The number of unbranched alkanes of at least 4 members (excludes halogenated alkanes) is 1. The van der Waals surface area contributed by atoms with Crippen molar-refractivity contribution in [3.05, 3.63) is 28.8 Å². The normalized spacial score (nSPS) is 10.2. The summed E-state index contributed by atoms with van der Waals surface area (Å²) in [6.45, 7) is 6.09. The maximum absolute atomic E-state index is 3.87. The molecule has 0 aliphatic carbocycles. The van der Waals surface area contributed by atoms with Gasteiger partial charge in [-0.2, -0.15) is 0 Å². The van der Waals surface area contributed by atoms with Gasteiger partial charge >= 0.3 is 0 Å². The van der Waals surface area contributed by atoms with Crippen molar-refractivity contribution in [2.45, 2.75) is 26.2 Å². The lowest BCUT2D eigenvalue weighted by molar-refractivity contribution is 0.804. The Morgan fingerprint density at radius 3 is 2.80 bits per heavy atom. The van der Waals surface area contributed by atoms with E-state index in [9.17, 15) is 0 Å².